The van der Waals surface area contributed by atoms with Crippen LogP contribution >= 0.6 is 11.6 Å². The molecule has 6 nitrogen and oxygen atoms in total. The highest BCUT2D eigenvalue weighted by Crippen LogP contribution is 2.38. The first-order valence-electron chi connectivity index (χ1n) is 11.4. The second-order valence-corrected chi connectivity index (χ2v) is 10.3. The van der Waals surface area contributed by atoms with Crippen molar-refractivity contribution in [2.75, 3.05) is 0 Å². The average molecular weight is 484 g/mol. The summed E-state index contributed by atoms with van der Waals surface area (Å²) in [6, 6.07) is 11.1. The van der Waals surface area contributed by atoms with Crippen LogP contribution in [0.5, 0.6) is 0 Å². The molecule has 178 valence electrons. The van der Waals surface area contributed by atoms with E-state index < -0.39 is 17.5 Å². The first-order chi connectivity index (χ1) is 16.1. The number of carbonyl (C=O) groups is 2. The normalized spacial score (nSPS) is 21.6. The van der Waals surface area contributed by atoms with Gasteiger partial charge in [0, 0.05) is 34.3 Å². The van der Waals surface area contributed by atoms with Crippen LogP contribution in [0.25, 0.3) is 11.1 Å². The van der Waals surface area contributed by atoms with Crippen molar-refractivity contribution in [3.8, 4) is 17.2 Å². The van der Waals surface area contributed by atoms with E-state index in [-0.39, 0.29) is 29.6 Å². The van der Waals surface area contributed by atoms with Crippen LogP contribution in [0.1, 0.15) is 62.4 Å². The maximum absolute atomic E-state index is 14.2. The Morgan fingerprint density at radius 1 is 1.15 bits per heavy atom. The summed E-state index contributed by atoms with van der Waals surface area (Å²) in [4.78, 5) is 27.6. The number of hydrogen-bond acceptors (Lipinski definition) is 4. The molecule has 0 spiro atoms. The SMILES string of the molecule is CC(C)(C)OC(=O)NC1CC2CCC(C1)N2C(=O)c1ccc(Cl)c(-c2ccc(C#N)c(F)c2)c1. The number of ether oxygens (including phenoxy) is 1. The number of benzene rings is 2. The summed E-state index contributed by atoms with van der Waals surface area (Å²) in [5.74, 6) is -0.736. The number of nitrogens with one attached hydrogen (secondary N) is 1. The van der Waals surface area contributed by atoms with Crippen LogP contribution < -0.4 is 5.32 Å². The van der Waals surface area contributed by atoms with E-state index in [0.717, 1.165) is 12.8 Å². The molecule has 34 heavy (non-hydrogen) atoms. The molecule has 2 atom stereocenters. The summed E-state index contributed by atoms with van der Waals surface area (Å²) in [5.41, 5.74) is 0.888. The Labute approximate surface area is 203 Å². The third kappa shape index (κ3) is 5.02. The second-order valence-electron chi connectivity index (χ2n) is 9.91. The quantitative estimate of drug-likeness (QED) is 0.609. The molecular formula is C26H27ClFN3O3. The van der Waals surface area contributed by atoms with Crippen LogP contribution in [0.2, 0.25) is 5.02 Å². The van der Waals surface area contributed by atoms with Crippen LogP contribution in [0, 0.1) is 17.1 Å². The maximum Gasteiger partial charge on any atom is 0.407 e. The Morgan fingerprint density at radius 2 is 1.82 bits per heavy atom. The third-order valence-electron chi connectivity index (χ3n) is 6.30. The molecule has 0 radical (unpaired) electrons. The van der Waals surface area contributed by atoms with E-state index in [1.807, 2.05) is 25.7 Å². The highest BCUT2D eigenvalue weighted by molar-refractivity contribution is 6.33. The molecule has 0 saturated carbocycles. The van der Waals surface area contributed by atoms with Crippen LogP contribution in [0.4, 0.5) is 9.18 Å². The van der Waals surface area contributed by atoms with Crippen molar-refractivity contribution in [3.63, 3.8) is 0 Å². The first-order valence-corrected chi connectivity index (χ1v) is 11.8. The Hall–Kier alpha value is -3.11. The second kappa shape index (κ2) is 9.27. The molecule has 1 N–H and O–H groups in total. The number of fused-ring (bicyclic) bond motifs is 2. The number of alkyl carbamates (subject to hydrolysis) is 1. The number of hydrogen-bond donors (Lipinski definition) is 1. The van der Waals surface area contributed by atoms with Gasteiger partial charge in [0.05, 0.1) is 5.56 Å². The molecule has 2 unspecified atom stereocenters. The van der Waals surface area contributed by atoms with Crippen LogP contribution in [-0.2, 0) is 4.74 Å². The van der Waals surface area contributed by atoms with E-state index in [1.165, 1.54) is 12.1 Å². The van der Waals surface area contributed by atoms with Gasteiger partial charge in [0.25, 0.3) is 5.91 Å². The summed E-state index contributed by atoms with van der Waals surface area (Å²) in [6.45, 7) is 5.47. The van der Waals surface area contributed by atoms with Crippen molar-refractivity contribution in [3.05, 3.63) is 58.4 Å². The lowest BCUT2D eigenvalue weighted by Crippen LogP contribution is -2.53. The average Bonchev–Trinajstić information content (AvgIpc) is 3.02. The minimum atomic E-state index is -0.634. The molecule has 4 rings (SSSR count). The number of carbonyl (C=O) groups excluding carboxylic acids is 2. The molecular weight excluding hydrogens is 457 g/mol. The summed E-state index contributed by atoms with van der Waals surface area (Å²) < 4.78 is 19.5. The van der Waals surface area contributed by atoms with Crippen molar-refractivity contribution in [1.29, 1.82) is 5.26 Å². The third-order valence-corrected chi connectivity index (χ3v) is 6.63. The van der Waals surface area contributed by atoms with Gasteiger partial charge >= 0.3 is 6.09 Å². The van der Waals surface area contributed by atoms with Gasteiger partial charge in [0.15, 0.2) is 0 Å². The van der Waals surface area contributed by atoms with Gasteiger partial charge in [-0.2, -0.15) is 5.26 Å². The lowest BCUT2D eigenvalue weighted by atomic mass is 9.95. The van der Waals surface area contributed by atoms with Crippen LogP contribution in [0.15, 0.2) is 36.4 Å². The van der Waals surface area contributed by atoms with Gasteiger partial charge in [-0.25, -0.2) is 9.18 Å². The zero-order valence-electron chi connectivity index (χ0n) is 19.4. The predicted octanol–water partition coefficient (Wildman–Crippen LogP) is 5.68. The van der Waals surface area contributed by atoms with Crippen LogP contribution in [0.3, 0.4) is 0 Å². The largest absolute Gasteiger partial charge is 0.444 e. The lowest BCUT2D eigenvalue weighted by Gasteiger charge is -2.39. The monoisotopic (exact) mass is 483 g/mol. The summed E-state index contributed by atoms with van der Waals surface area (Å²) in [5, 5.41) is 12.3. The van der Waals surface area contributed by atoms with Crippen molar-refractivity contribution in [2.24, 2.45) is 0 Å². The Morgan fingerprint density at radius 3 is 2.41 bits per heavy atom. The molecule has 2 bridgehead atoms. The minimum Gasteiger partial charge on any atom is -0.444 e. The van der Waals surface area contributed by atoms with Gasteiger partial charge in [-0.15, -0.1) is 0 Å². The Balaban J connectivity index is 1.51. The fraction of sp³-hybridized carbons (Fsp3) is 0.423. The fourth-order valence-corrected chi connectivity index (χ4v) is 5.13. The number of piperidine rings is 1. The smallest absolute Gasteiger partial charge is 0.407 e. The van der Waals surface area contributed by atoms with Gasteiger partial charge in [-0.3, -0.25) is 4.79 Å². The molecule has 2 aromatic carbocycles. The minimum absolute atomic E-state index is 0.0256. The fourth-order valence-electron chi connectivity index (χ4n) is 4.90. The summed E-state index contributed by atoms with van der Waals surface area (Å²) >= 11 is 6.37. The van der Waals surface area contributed by atoms with Crippen molar-refractivity contribution < 1.29 is 18.7 Å². The lowest BCUT2D eigenvalue weighted by molar-refractivity contribution is 0.0418. The maximum atomic E-state index is 14.2. The van der Waals surface area contributed by atoms with Gasteiger partial charge < -0.3 is 15.0 Å². The van der Waals surface area contributed by atoms with Gasteiger partial charge in [0.2, 0.25) is 0 Å². The molecule has 2 amide bonds. The first kappa shape index (κ1) is 24.0. The van der Waals surface area contributed by atoms with E-state index in [2.05, 4.69) is 5.32 Å². The summed E-state index contributed by atoms with van der Waals surface area (Å²) in [6.07, 6.45) is 2.66. The van der Waals surface area contributed by atoms with E-state index in [9.17, 15) is 14.0 Å². The molecule has 0 aliphatic carbocycles. The molecule has 2 aliphatic rings. The molecule has 0 aromatic heterocycles. The van der Waals surface area contributed by atoms with Gasteiger partial charge in [0.1, 0.15) is 17.5 Å². The zero-order valence-corrected chi connectivity index (χ0v) is 20.2. The number of nitrogens with zero attached hydrogens (tertiary/aromatic N) is 2. The van der Waals surface area contributed by atoms with E-state index in [1.54, 1.807) is 30.3 Å². The highest BCUT2D eigenvalue weighted by Gasteiger charge is 2.44. The molecule has 2 fully saturated rings. The number of halogens is 2. The summed E-state index contributed by atoms with van der Waals surface area (Å²) in [7, 11) is 0. The Kier molecular flexibility index (Phi) is 6.55. The molecule has 2 saturated heterocycles. The van der Waals surface area contributed by atoms with E-state index >= 15 is 0 Å². The van der Waals surface area contributed by atoms with Crippen molar-refractivity contribution in [2.45, 2.75) is 70.2 Å². The number of rotatable bonds is 3. The number of amides is 2. The predicted molar refractivity (Wildman–Crippen MR) is 127 cm³/mol. The van der Waals surface area contributed by atoms with Crippen LogP contribution in [-0.4, -0.2) is 40.6 Å². The van der Waals surface area contributed by atoms with E-state index in [0.29, 0.717) is 34.6 Å². The zero-order chi connectivity index (χ0) is 24.6. The standard InChI is InChI=1S/C26H27ClFN3O3/c1-26(2,3)34-25(33)30-18-12-19-7-8-20(13-18)31(19)24(32)16-6-9-22(27)21(10-16)15-4-5-17(14-29)23(28)11-15/h4-6,9-11,18-20H,7-8,12-13H2,1-3H3,(H,30,33). The molecule has 8 heteroatoms. The van der Waals surface area contributed by atoms with Crippen molar-refractivity contribution >= 4 is 23.6 Å². The highest BCUT2D eigenvalue weighted by atomic mass is 35.5. The van der Waals surface area contributed by atoms with Gasteiger partial charge in [-0.05, 0) is 82.3 Å². The molecule has 2 heterocycles. The Bertz CT molecular complexity index is 1160. The topological polar surface area (TPSA) is 82.4 Å². The van der Waals surface area contributed by atoms with E-state index in [4.69, 9.17) is 21.6 Å². The molecule has 2 aromatic rings. The van der Waals surface area contributed by atoms with Crippen molar-refractivity contribution in [1.82, 2.24) is 10.2 Å². The number of nitriles is 1. The molecule has 2 aliphatic heterocycles. The van der Waals surface area contributed by atoms with Gasteiger partial charge in [-0.1, -0.05) is 17.7 Å².